The molecule has 0 amide bonds. The van der Waals surface area contributed by atoms with Crippen LogP contribution in [0.4, 0.5) is 0 Å². The molecule has 7 heteroatoms. The van der Waals surface area contributed by atoms with Crippen molar-refractivity contribution in [2.75, 3.05) is 13.2 Å². The van der Waals surface area contributed by atoms with E-state index in [2.05, 4.69) is 4.72 Å². The third-order valence-electron chi connectivity index (χ3n) is 3.04. The fraction of sp³-hybridized carbons (Fsp3) is 0.533. The molecule has 0 saturated carbocycles. The van der Waals surface area contributed by atoms with E-state index in [9.17, 15) is 13.2 Å². The highest BCUT2D eigenvalue weighted by molar-refractivity contribution is 7.89. The number of esters is 1. The molecule has 1 aromatic carbocycles. The molecule has 0 aliphatic rings. The minimum Gasteiger partial charge on any atom is -0.462 e. The molecule has 0 fully saturated rings. The van der Waals surface area contributed by atoms with Crippen LogP contribution in [0.1, 0.15) is 37.6 Å². The SMILES string of the molecule is CCOC(=O)c1ccc(S(=O)(=O)NC(CN)CC(C)C)cc1. The second-order valence-corrected chi connectivity index (χ2v) is 7.14. The van der Waals surface area contributed by atoms with Crippen molar-refractivity contribution < 1.29 is 17.9 Å². The summed E-state index contributed by atoms with van der Waals surface area (Å²) in [7, 11) is -3.65. The molecule has 0 aliphatic carbocycles. The van der Waals surface area contributed by atoms with Gasteiger partial charge in [-0.2, -0.15) is 0 Å². The fourth-order valence-corrected chi connectivity index (χ4v) is 3.30. The summed E-state index contributed by atoms with van der Waals surface area (Å²) in [5.74, 6) is -0.138. The topological polar surface area (TPSA) is 98.5 Å². The lowest BCUT2D eigenvalue weighted by molar-refractivity contribution is 0.0526. The molecule has 1 atom stereocenters. The Morgan fingerprint density at radius 2 is 1.86 bits per heavy atom. The van der Waals surface area contributed by atoms with E-state index in [0.29, 0.717) is 17.9 Å². The van der Waals surface area contributed by atoms with Crippen molar-refractivity contribution >= 4 is 16.0 Å². The average Bonchev–Trinajstić information content (AvgIpc) is 2.46. The zero-order valence-corrected chi connectivity index (χ0v) is 14.0. The first kappa shape index (κ1) is 18.6. The van der Waals surface area contributed by atoms with Crippen molar-refractivity contribution in [2.24, 2.45) is 11.7 Å². The van der Waals surface area contributed by atoms with Gasteiger partial charge in [0.15, 0.2) is 0 Å². The second kappa shape index (κ2) is 8.26. The van der Waals surface area contributed by atoms with Crippen LogP contribution < -0.4 is 10.5 Å². The lowest BCUT2D eigenvalue weighted by Crippen LogP contribution is -2.40. The zero-order valence-electron chi connectivity index (χ0n) is 13.2. The molecule has 1 rings (SSSR count). The molecule has 0 aliphatic heterocycles. The first-order valence-corrected chi connectivity index (χ1v) is 8.78. The molecule has 22 heavy (non-hydrogen) atoms. The van der Waals surface area contributed by atoms with Gasteiger partial charge in [0.05, 0.1) is 17.1 Å². The van der Waals surface area contributed by atoms with E-state index in [-0.39, 0.29) is 24.1 Å². The maximum absolute atomic E-state index is 12.3. The number of carbonyl (C=O) groups is 1. The van der Waals surface area contributed by atoms with Crippen molar-refractivity contribution in [1.82, 2.24) is 4.72 Å². The standard InChI is InChI=1S/C15H24N2O4S/c1-4-21-15(18)12-5-7-14(8-6-12)22(19,20)17-13(10-16)9-11(2)3/h5-8,11,13,17H,4,9-10,16H2,1-3H3. The van der Waals surface area contributed by atoms with Gasteiger partial charge in [0, 0.05) is 12.6 Å². The molecular formula is C15H24N2O4S. The molecule has 0 radical (unpaired) electrons. The molecule has 0 saturated heterocycles. The number of sulfonamides is 1. The maximum atomic E-state index is 12.3. The molecule has 0 heterocycles. The summed E-state index contributed by atoms with van der Waals surface area (Å²) in [5.41, 5.74) is 5.93. The van der Waals surface area contributed by atoms with E-state index in [1.807, 2.05) is 13.8 Å². The quantitative estimate of drug-likeness (QED) is 0.705. The second-order valence-electron chi connectivity index (χ2n) is 5.43. The Morgan fingerprint density at radius 1 is 1.27 bits per heavy atom. The minimum atomic E-state index is -3.65. The van der Waals surface area contributed by atoms with Crippen LogP contribution in [0.2, 0.25) is 0 Å². The molecule has 6 nitrogen and oxygen atoms in total. The van der Waals surface area contributed by atoms with Gasteiger partial charge in [-0.3, -0.25) is 0 Å². The van der Waals surface area contributed by atoms with Crippen LogP contribution in [0.5, 0.6) is 0 Å². The first-order chi connectivity index (χ1) is 10.3. The normalized spacial score (nSPS) is 13.1. The Labute approximate surface area is 132 Å². The summed E-state index contributed by atoms with van der Waals surface area (Å²) in [5, 5.41) is 0. The highest BCUT2D eigenvalue weighted by Gasteiger charge is 2.20. The smallest absolute Gasteiger partial charge is 0.338 e. The van der Waals surface area contributed by atoms with Gasteiger partial charge in [-0.1, -0.05) is 13.8 Å². The summed E-state index contributed by atoms with van der Waals surface area (Å²) in [4.78, 5) is 11.6. The molecule has 1 unspecified atom stereocenters. The molecule has 0 spiro atoms. The van der Waals surface area contributed by atoms with E-state index in [1.165, 1.54) is 24.3 Å². The summed E-state index contributed by atoms with van der Waals surface area (Å²) in [6.07, 6.45) is 0.663. The predicted molar refractivity (Wildman–Crippen MR) is 85.0 cm³/mol. The van der Waals surface area contributed by atoms with Crippen LogP contribution >= 0.6 is 0 Å². The van der Waals surface area contributed by atoms with Gasteiger partial charge in [-0.05, 0) is 43.5 Å². The summed E-state index contributed by atoms with van der Waals surface area (Å²) >= 11 is 0. The Bertz CT molecular complexity index is 582. The summed E-state index contributed by atoms with van der Waals surface area (Å²) < 4.78 is 32.1. The van der Waals surface area contributed by atoms with Gasteiger partial charge in [-0.25, -0.2) is 17.9 Å². The van der Waals surface area contributed by atoms with Crippen molar-refractivity contribution in [3.63, 3.8) is 0 Å². The van der Waals surface area contributed by atoms with Crippen molar-refractivity contribution in [1.29, 1.82) is 0 Å². The molecule has 0 aromatic heterocycles. The monoisotopic (exact) mass is 328 g/mol. The minimum absolute atomic E-state index is 0.0998. The summed E-state index contributed by atoms with van der Waals surface area (Å²) in [6.45, 7) is 6.23. The third kappa shape index (κ3) is 5.40. The Hall–Kier alpha value is -1.44. The van der Waals surface area contributed by atoms with E-state index >= 15 is 0 Å². The van der Waals surface area contributed by atoms with E-state index in [4.69, 9.17) is 10.5 Å². The van der Waals surface area contributed by atoms with Crippen LogP contribution in [0.25, 0.3) is 0 Å². The van der Waals surface area contributed by atoms with Crippen molar-refractivity contribution in [3.8, 4) is 0 Å². The van der Waals surface area contributed by atoms with Gasteiger partial charge >= 0.3 is 5.97 Å². The lowest BCUT2D eigenvalue weighted by Gasteiger charge is -2.18. The van der Waals surface area contributed by atoms with E-state index in [0.717, 1.165) is 0 Å². The van der Waals surface area contributed by atoms with Gasteiger partial charge in [0.25, 0.3) is 0 Å². The number of benzene rings is 1. The van der Waals surface area contributed by atoms with E-state index in [1.54, 1.807) is 6.92 Å². The fourth-order valence-electron chi connectivity index (χ4n) is 2.03. The molecule has 3 N–H and O–H groups in total. The third-order valence-corrected chi connectivity index (χ3v) is 4.57. The Morgan fingerprint density at radius 3 is 2.32 bits per heavy atom. The lowest BCUT2D eigenvalue weighted by atomic mass is 10.1. The van der Waals surface area contributed by atoms with Crippen molar-refractivity contribution in [3.05, 3.63) is 29.8 Å². The number of ether oxygens (including phenoxy) is 1. The molecule has 0 bridgehead atoms. The number of nitrogens with two attached hydrogens (primary N) is 1. The maximum Gasteiger partial charge on any atom is 0.338 e. The van der Waals surface area contributed by atoms with Gasteiger partial charge < -0.3 is 10.5 Å². The van der Waals surface area contributed by atoms with Crippen LogP contribution in [0.3, 0.4) is 0 Å². The average molecular weight is 328 g/mol. The first-order valence-electron chi connectivity index (χ1n) is 7.29. The number of hydrogen-bond donors (Lipinski definition) is 2. The highest BCUT2D eigenvalue weighted by atomic mass is 32.2. The molecule has 124 valence electrons. The van der Waals surface area contributed by atoms with Crippen molar-refractivity contribution in [2.45, 2.75) is 38.1 Å². The van der Waals surface area contributed by atoms with Crippen LogP contribution in [-0.4, -0.2) is 33.6 Å². The van der Waals surface area contributed by atoms with Gasteiger partial charge in [-0.15, -0.1) is 0 Å². The number of nitrogens with one attached hydrogen (secondary N) is 1. The largest absolute Gasteiger partial charge is 0.462 e. The number of hydrogen-bond acceptors (Lipinski definition) is 5. The number of rotatable bonds is 8. The van der Waals surface area contributed by atoms with Gasteiger partial charge in [0.1, 0.15) is 0 Å². The van der Waals surface area contributed by atoms with E-state index < -0.39 is 16.0 Å². The molecule has 1 aromatic rings. The van der Waals surface area contributed by atoms with Crippen LogP contribution in [0.15, 0.2) is 29.2 Å². The Kier molecular flexibility index (Phi) is 6.99. The number of carbonyl (C=O) groups excluding carboxylic acids is 1. The highest BCUT2D eigenvalue weighted by Crippen LogP contribution is 2.13. The predicted octanol–water partition coefficient (Wildman–Crippen LogP) is 1.51. The van der Waals surface area contributed by atoms with Gasteiger partial charge in [0.2, 0.25) is 10.0 Å². The van der Waals surface area contributed by atoms with Crippen LogP contribution in [-0.2, 0) is 14.8 Å². The molecular weight excluding hydrogens is 304 g/mol. The summed E-state index contributed by atoms with van der Waals surface area (Å²) in [6, 6.07) is 5.34. The van der Waals surface area contributed by atoms with Crippen LogP contribution in [0, 0.1) is 5.92 Å². The zero-order chi connectivity index (χ0) is 16.8. The Balaban J connectivity index is 2.87.